The van der Waals surface area contributed by atoms with Gasteiger partial charge in [0.05, 0.1) is 13.2 Å². The van der Waals surface area contributed by atoms with Crippen LogP contribution < -0.4 is 10.6 Å². The van der Waals surface area contributed by atoms with E-state index in [2.05, 4.69) is 10.6 Å². The Morgan fingerprint density at radius 2 is 2.20 bits per heavy atom. The number of carbonyl (C=O) groups is 1. The summed E-state index contributed by atoms with van der Waals surface area (Å²) in [6.45, 7) is 3.09. The number of aliphatic hydroxyl groups is 1. The van der Waals surface area contributed by atoms with E-state index in [0.717, 1.165) is 0 Å². The molecule has 0 atom stereocenters. The number of anilines is 1. The third-order valence-electron chi connectivity index (χ3n) is 2.68. The van der Waals surface area contributed by atoms with Crippen LogP contribution in [0.25, 0.3) is 0 Å². The lowest BCUT2D eigenvalue weighted by atomic mass is 10.1. The summed E-state index contributed by atoms with van der Waals surface area (Å²) >= 11 is 0. The van der Waals surface area contributed by atoms with Gasteiger partial charge in [-0.05, 0) is 30.5 Å². The van der Waals surface area contributed by atoms with Crippen LogP contribution in [0.2, 0.25) is 0 Å². The van der Waals surface area contributed by atoms with Crippen molar-refractivity contribution in [3.63, 3.8) is 0 Å². The van der Waals surface area contributed by atoms with Crippen LogP contribution in [0.3, 0.4) is 0 Å². The molecule has 6 heteroatoms. The van der Waals surface area contributed by atoms with E-state index in [4.69, 9.17) is 9.84 Å². The standard InChI is InChI=1S/C14H21FN2O3/c1-2-11-4-5-12(10-13(11)15)17-14(19)16-6-3-8-20-9-7-18/h4-5,10,18H,2-3,6-9H2,1H3,(H2,16,17,19). The van der Waals surface area contributed by atoms with Gasteiger partial charge in [-0.15, -0.1) is 0 Å². The number of nitrogens with one attached hydrogen (secondary N) is 2. The molecular weight excluding hydrogens is 263 g/mol. The second kappa shape index (κ2) is 9.28. The van der Waals surface area contributed by atoms with Crippen LogP contribution in [0, 0.1) is 5.82 Å². The van der Waals surface area contributed by atoms with Crippen molar-refractivity contribution >= 4 is 11.7 Å². The van der Waals surface area contributed by atoms with Gasteiger partial charge >= 0.3 is 6.03 Å². The van der Waals surface area contributed by atoms with Crippen LogP contribution >= 0.6 is 0 Å². The van der Waals surface area contributed by atoms with Gasteiger partial charge in [-0.3, -0.25) is 0 Å². The molecule has 0 fully saturated rings. The Balaban J connectivity index is 2.26. The predicted octanol–water partition coefficient (Wildman–Crippen LogP) is 1.91. The maximum absolute atomic E-state index is 13.5. The second-order valence-corrected chi connectivity index (χ2v) is 4.23. The number of benzene rings is 1. The van der Waals surface area contributed by atoms with E-state index in [9.17, 15) is 9.18 Å². The third kappa shape index (κ3) is 5.99. The Bertz CT molecular complexity index is 427. The molecule has 0 unspecified atom stereocenters. The van der Waals surface area contributed by atoms with Crippen molar-refractivity contribution in [1.29, 1.82) is 0 Å². The molecular formula is C14H21FN2O3. The summed E-state index contributed by atoms with van der Waals surface area (Å²) in [5.41, 5.74) is 1.05. The highest BCUT2D eigenvalue weighted by Gasteiger charge is 2.04. The number of amides is 2. The lowest BCUT2D eigenvalue weighted by Gasteiger charge is -2.09. The monoisotopic (exact) mass is 284 g/mol. The summed E-state index contributed by atoms with van der Waals surface area (Å²) in [4.78, 5) is 11.5. The van der Waals surface area contributed by atoms with Crippen molar-refractivity contribution in [3.8, 4) is 0 Å². The first-order valence-electron chi connectivity index (χ1n) is 6.69. The average Bonchev–Trinajstić information content (AvgIpc) is 2.43. The molecule has 0 spiro atoms. The maximum Gasteiger partial charge on any atom is 0.319 e. The summed E-state index contributed by atoms with van der Waals surface area (Å²) in [5.74, 6) is -0.317. The van der Waals surface area contributed by atoms with Crippen LogP contribution in [0.15, 0.2) is 18.2 Å². The number of ether oxygens (including phenoxy) is 1. The predicted molar refractivity (Wildman–Crippen MR) is 75.3 cm³/mol. The van der Waals surface area contributed by atoms with Crippen LogP contribution in [0.5, 0.6) is 0 Å². The molecule has 0 aliphatic rings. The lowest BCUT2D eigenvalue weighted by Crippen LogP contribution is -2.30. The molecule has 5 nitrogen and oxygen atoms in total. The average molecular weight is 284 g/mol. The lowest BCUT2D eigenvalue weighted by molar-refractivity contribution is 0.0910. The number of halogens is 1. The molecule has 0 aliphatic heterocycles. The molecule has 0 aliphatic carbocycles. The molecule has 0 radical (unpaired) electrons. The Morgan fingerprint density at radius 1 is 1.40 bits per heavy atom. The minimum Gasteiger partial charge on any atom is -0.394 e. The summed E-state index contributed by atoms with van der Waals surface area (Å²) in [7, 11) is 0. The zero-order valence-corrected chi connectivity index (χ0v) is 11.6. The van der Waals surface area contributed by atoms with E-state index in [1.165, 1.54) is 6.07 Å². The van der Waals surface area contributed by atoms with Crippen LogP contribution in [0.1, 0.15) is 18.9 Å². The first-order valence-corrected chi connectivity index (χ1v) is 6.69. The van der Waals surface area contributed by atoms with Gasteiger partial charge in [0, 0.05) is 18.8 Å². The smallest absolute Gasteiger partial charge is 0.319 e. The minimum absolute atomic E-state index is 0.00671. The van der Waals surface area contributed by atoms with Crippen molar-refractivity contribution < 1.29 is 19.0 Å². The largest absolute Gasteiger partial charge is 0.394 e. The van der Waals surface area contributed by atoms with Crippen molar-refractivity contribution in [1.82, 2.24) is 5.32 Å². The normalized spacial score (nSPS) is 10.3. The fourth-order valence-electron chi connectivity index (χ4n) is 1.63. The zero-order valence-electron chi connectivity index (χ0n) is 11.6. The number of hydrogen-bond donors (Lipinski definition) is 3. The number of aryl methyl sites for hydroxylation is 1. The second-order valence-electron chi connectivity index (χ2n) is 4.23. The van der Waals surface area contributed by atoms with Crippen molar-refractivity contribution in [2.24, 2.45) is 0 Å². The van der Waals surface area contributed by atoms with Gasteiger partial charge in [-0.2, -0.15) is 0 Å². The van der Waals surface area contributed by atoms with E-state index in [-0.39, 0.29) is 18.5 Å². The van der Waals surface area contributed by atoms with Crippen LogP contribution in [-0.2, 0) is 11.2 Å². The quantitative estimate of drug-likeness (QED) is 0.639. The number of carbonyl (C=O) groups excluding carboxylic acids is 1. The van der Waals surface area contributed by atoms with Crippen molar-refractivity contribution in [2.75, 3.05) is 31.7 Å². The molecule has 112 valence electrons. The molecule has 0 saturated carbocycles. The van der Waals surface area contributed by atoms with Gasteiger partial charge < -0.3 is 20.5 Å². The topological polar surface area (TPSA) is 70.6 Å². The van der Waals surface area contributed by atoms with E-state index in [1.807, 2.05) is 6.92 Å². The van der Waals surface area contributed by atoms with E-state index >= 15 is 0 Å². The van der Waals surface area contributed by atoms with E-state index in [0.29, 0.717) is 43.9 Å². The number of aliphatic hydroxyl groups excluding tert-OH is 1. The Labute approximate surface area is 118 Å². The van der Waals surface area contributed by atoms with Gasteiger partial charge in [0.2, 0.25) is 0 Å². The van der Waals surface area contributed by atoms with Gasteiger partial charge in [-0.25, -0.2) is 9.18 Å². The van der Waals surface area contributed by atoms with Crippen molar-refractivity contribution in [2.45, 2.75) is 19.8 Å². The minimum atomic E-state index is -0.379. The van der Waals surface area contributed by atoms with Gasteiger partial charge in [0.15, 0.2) is 0 Å². The summed E-state index contributed by atoms with van der Waals surface area (Å²) in [6.07, 6.45) is 1.27. The maximum atomic E-state index is 13.5. The fraction of sp³-hybridized carbons (Fsp3) is 0.500. The summed E-state index contributed by atoms with van der Waals surface area (Å²) < 4.78 is 18.6. The zero-order chi connectivity index (χ0) is 14.8. The molecule has 0 saturated heterocycles. The molecule has 0 aromatic heterocycles. The highest BCUT2D eigenvalue weighted by atomic mass is 19.1. The summed E-state index contributed by atoms with van der Waals surface area (Å²) in [5, 5.41) is 13.7. The van der Waals surface area contributed by atoms with Gasteiger partial charge in [0.25, 0.3) is 0 Å². The number of hydrogen-bond acceptors (Lipinski definition) is 3. The highest BCUT2D eigenvalue weighted by molar-refractivity contribution is 5.89. The van der Waals surface area contributed by atoms with Crippen LogP contribution in [-0.4, -0.2) is 37.5 Å². The Kier molecular flexibility index (Phi) is 7.60. The SMILES string of the molecule is CCc1ccc(NC(=O)NCCCOCCO)cc1F. The first kappa shape index (κ1) is 16.4. The molecule has 20 heavy (non-hydrogen) atoms. The van der Waals surface area contributed by atoms with Crippen LogP contribution in [0.4, 0.5) is 14.9 Å². The van der Waals surface area contributed by atoms with Gasteiger partial charge in [-0.1, -0.05) is 13.0 Å². The molecule has 0 heterocycles. The molecule has 1 aromatic rings. The first-order chi connectivity index (χ1) is 9.67. The van der Waals surface area contributed by atoms with Crippen molar-refractivity contribution in [3.05, 3.63) is 29.6 Å². The van der Waals surface area contributed by atoms with E-state index in [1.54, 1.807) is 12.1 Å². The molecule has 3 N–H and O–H groups in total. The highest BCUT2D eigenvalue weighted by Crippen LogP contribution is 2.14. The molecule has 1 rings (SSSR count). The van der Waals surface area contributed by atoms with Gasteiger partial charge in [0.1, 0.15) is 5.82 Å². The Hall–Kier alpha value is -1.66. The van der Waals surface area contributed by atoms with E-state index < -0.39 is 0 Å². The Morgan fingerprint density at radius 3 is 2.85 bits per heavy atom. The third-order valence-corrected chi connectivity index (χ3v) is 2.68. The summed E-state index contributed by atoms with van der Waals surface area (Å²) in [6, 6.07) is 4.26. The number of rotatable bonds is 8. The number of urea groups is 1. The fourth-order valence-corrected chi connectivity index (χ4v) is 1.63. The molecule has 2 amide bonds. The molecule has 0 bridgehead atoms. The molecule has 1 aromatic carbocycles.